The standard InChI is InChI=1S/C18H11NO5/c20-16(9-11-10-23-15-8-4-3-5-12(11)15)24-19-17(21)13-6-1-2-7-14(13)18(19)22/h1-8,10H,9H2. The summed E-state index contributed by atoms with van der Waals surface area (Å²) in [5.41, 5.74) is 1.74. The topological polar surface area (TPSA) is 76.8 Å². The highest BCUT2D eigenvalue weighted by Gasteiger charge is 2.38. The van der Waals surface area contributed by atoms with Gasteiger partial charge in [0.1, 0.15) is 5.58 Å². The van der Waals surface area contributed by atoms with Crippen molar-refractivity contribution < 1.29 is 23.6 Å². The summed E-state index contributed by atoms with van der Waals surface area (Å²) in [5, 5.41) is 1.30. The maximum absolute atomic E-state index is 12.2. The summed E-state index contributed by atoms with van der Waals surface area (Å²) >= 11 is 0. The molecule has 3 aromatic rings. The summed E-state index contributed by atoms with van der Waals surface area (Å²) in [6.45, 7) is 0. The average molecular weight is 321 g/mol. The zero-order valence-electron chi connectivity index (χ0n) is 12.4. The van der Waals surface area contributed by atoms with Crippen molar-refractivity contribution in [1.29, 1.82) is 0 Å². The average Bonchev–Trinajstić information content (AvgIpc) is 3.11. The molecule has 0 atom stereocenters. The molecule has 0 unspecified atom stereocenters. The van der Waals surface area contributed by atoms with E-state index in [0.29, 0.717) is 16.2 Å². The van der Waals surface area contributed by atoms with E-state index in [1.807, 2.05) is 18.2 Å². The summed E-state index contributed by atoms with van der Waals surface area (Å²) in [6.07, 6.45) is 1.36. The third-order valence-electron chi connectivity index (χ3n) is 3.85. The third-order valence-corrected chi connectivity index (χ3v) is 3.85. The summed E-state index contributed by atoms with van der Waals surface area (Å²) in [5.74, 6) is -1.99. The zero-order chi connectivity index (χ0) is 16.7. The monoisotopic (exact) mass is 321 g/mol. The molecule has 4 rings (SSSR count). The molecule has 2 aromatic carbocycles. The Morgan fingerprint density at radius 2 is 1.58 bits per heavy atom. The lowest BCUT2D eigenvalue weighted by Crippen LogP contribution is -2.33. The minimum absolute atomic E-state index is 0.107. The van der Waals surface area contributed by atoms with Crippen LogP contribution < -0.4 is 0 Å². The van der Waals surface area contributed by atoms with Crippen LogP contribution in [0.5, 0.6) is 0 Å². The summed E-state index contributed by atoms with van der Waals surface area (Å²) < 4.78 is 5.36. The molecule has 0 N–H and O–H groups in total. The second-order valence-corrected chi connectivity index (χ2v) is 5.35. The SMILES string of the molecule is O=C(Cc1coc2ccccc12)ON1C(=O)c2ccccc2C1=O. The molecule has 0 saturated heterocycles. The molecule has 0 bridgehead atoms. The molecule has 6 nitrogen and oxygen atoms in total. The van der Waals surface area contributed by atoms with E-state index in [0.717, 1.165) is 5.39 Å². The molecule has 0 fully saturated rings. The number of para-hydroxylation sites is 1. The number of amides is 2. The van der Waals surface area contributed by atoms with Gasteiger partial charge >= 0.3 is 5.97 Å². The minimum atomic E-state index is -0.712. The Bertz CT molecular complexity index is 953. The largest absolute Gasteiger partial charge is 0.464 e. The van der Waals surface area contributed by atoms with Crippen molar-refractivity contribution in [3.05, 3.63) is 71.5 Å². The fourth-order valence-corrected chi connectivity index (χ4v) is 2.71. The molecule has 0 saturated carbocycles. The first-order chi connectivity index (χ1) is 11.6. The predicted octanol–water partition coefficient (Wildman–Crippen LogP) is 2.73. The van der Waals surface area contributed by atoms with Gasteiger partial charge in [-0.1, -0.05) is 35.4 Å². The summed E-state index contributed by atoms with van der Waals surface area (Å²) in [6, 6.07) is 13.6. The van der Waals surface area contributed by atoms with Gasteiger partial charge in [-0.3, -0.25) is 9.59 Å². The van der Waals surface area contributed by atoms with Crippen LogP contribution in [0, 0.1) is 0 Å². The molecular formula is C18H11NO5. The molecule has 1 aromatic heterocycles. The van der Waals surface area contributed by atoms with Crippen LogP contribution in [0.15, 0.2) is 59.2 Å². The number of imide groups is 1. The van der Waals surface area contributed by atoms with Gasteiger partial charge < -0.3 is 9.25 Å². The quantitative estimate of drug-likeness (QED) is 0.693. The molecule has 0 spiro atoms. The van der Waals surface area contributed by atoms with Crippen LogP contribution in [0.4, 0.5) is 0 Å². The fourth-order valence-electron chi connectivity index (χ4n) is 2.71. The molecule has 1 aliphatic rings. The number of hydrogen-bond acceptors (Lipinski definition) is 5. The number of hydroxylamine groups is 2. The van der Waals surface area contributed by atoms with Gasteiger partial charge in [-0.2, -0.15) is 0 Å². The van der Waals surface area contributed by atoms with Gasteiger partial charge in [0.15, 0.2) is 0 Å². The van der Waals surface area contributed by atoms with Gasteiger partial charge in [0.25, 0.3) is 11.8 Å². The van der Waals surface area contributed by atoms with Crippen molar-refractivity contribution in [2.75, 3.05) is 0 Å². The first kappa shape index (κ1) is 14.2. The van der Waals surface area contributed by atoms with Crippen LogP contribution >= 0.6 is 0 Å². The fraction of sp³-hybridized carbons (Fsp3) is 0.0556. The second-order valence-electron chi connectivity index (χ2n) is 5.35. The molecule has 2 heterocycles. The Labute approximate surface area is 136 Å². The van der Waals surface area contributed by atoms with Crippen LogP contribution in [0.3, 0.4) is 0 Å². The van der Waals surface area contributed by atoms with Crippen molar-refractivity contribution >= 4 is 28.8 Å². The number of carbonyl (C=O) groups is 3. The number of fused-ring (bicyclic) bond motifs is 2. The van der Waals surface area contributed by atoms with E-state index in [9.17, 15) is 14.4 Å². The van der Waals surface area contributed by atoms with Crippen LogP contribution in [-0.2, 0) is 16.1 Å². The second kappa shape index (κ2) is 5.34. The first-order valence-electron chi connectivity index (χ1n) is 7.29. The molecule has 1 aliphatic heterocycles. The molecule has 0 aliphatic carbocycles. The predicted molar refractivity (Wildman–Crippen MR) is 83.0 cm³/mol. The normalized spacial score (nSPS) is 13.4. The Kier molecular flexibility index (Phi) is 3.16. The van der Waals surface area contributed by atoms with Gasteiger partial charge in [0, 0.05) is 10.9 Å². The zero-order valence-corrected chi connectivity index (χ0v) is 12.4. The van der Waals surface area contributed by atoms with Gasteiger partial charge in [-0.05, 0) is 18.2 Å². The lowest BCUT2D eigenvalue weighted by Gasteiger charge is -2.12. The molecule has 118 valence electrons. The van der Waals surface area contributed by atoms with E-state index in [1.165, 1.54) is 18.4 Å². The summed E-state index contributed by atoms with van der Waals surface area (Å²) in [7, 11) is 0. The third kappa shape index (κ3) is 2.16. The van der Waals surface area contributed by atoms with E-state index in [-0.39, 0.29) is 17.5 Å². The molecule has 24 heavy (non-hydrogen) atoms. The maximum atomic E-state index is 12.2. The van der Waals surface area contributed by atoms with E-state index in [2.05, 4.69) is 0 Å². The molecular weight excluding hydrogens is 310 g/mol. The van der Waals surface area contributed by atoms with Crippen LogP contribution in [0.25, 0.3) is 11.0 Å². The van der Waals surface area contributed by atoms with E-state index >= 15 is 0 Å². The Hall–Kier alpha value is -3.41. The van der Waals surface area contributed by atoms with E-state index < -0.39 is 17.8 Å². The van der Waals surface area contributed by atoms with Crippen LogP contribution in [-0.4, -0.2) is 22.8 Å². The highest BCUT2D eigenvalue weighted by Crippen LogP contribution is 2.24. The highest BCUT2D eigenvalue weighted by atomic mass is 16.7. The van der Waals surface area contributed by atoms with Crippen LogP contribution in [0.1, 0.15) is 26.3 Å². The van der Waals surface area contributed by atoms with E-state index in [4.69, 9.17) is 9.25 Å². The number of rotatable bonds is 3. The smallest absolute Gasteiger partial charge is 0.337 e. The lowest BCUT2D eigenvalue weighted by atomic mass is 10.1. The number of carbonyl (C=O) groups excluding carboxylic acids is 3. The first-order valence-corrected chi connectivity index (χ1v) is 7.29. The van der Waals surface area contributed by atoms with Gasteiger partial charge in [-0.15, -0.1) is 0 Å². The van der Waals surface area contributed by atoms with Gasteiger partial charge in [0.2, 0.25) is 0 Å². The molecule has 0 radical (unpaired) electrons. The lowest BCUT2D eigenvalue weighted by molar-refractivity contribution is -0.167. The van der Waals surface area contributed by atoms with Crippen molar-refractivity contribution in [3.63, 3.8) is 0 Å². The Balaban J connectivity index is 1.53. The van der Waals surface area contributed by atoms with Crippen molar-refractivity contribution in [2.45, 2.75) is 6.42 Å². The number of hydrogen-bond donors (Lipinski definition) is 0. The number of nitrogens with zero attached hydrogens (tertiary/aromatic N) is 1. The van der Waals surface area contributed by atoms with Gasteiger partial charge in [0.05, 0.1) is 23.8 Å². The molecule has 6 heteroatoms. The van der Waals surface area contributed by atoms with E-state index in [1.54, 1.807) is 18.2 Å². The van der Waals surface area contributed by atoms with Gasteiger partial charge in [-0.25, -0.2) is 4.79 Å². The molecule has 2 amide bonds. The van der Waals surface area contributed by atoms with Crippen molar-refractivity contribution in [3.8, 4) is 0 Å². The number of benzene rings is 2. The maximum Gasteiger partial charge on any atom is 0.337 e. The van der Waals surface area contributed by atoms with Crippen molar-refractivity contribution in [2.24, 2.45) is 0 Å². The Morgan fingerprint density at radius 3 is 2.29 bits per heavy atom. The number of furan rings is 1. The van der Waals surface area contributed by atoms with Crippen molar-refractivity contribution in [1.82, 2.24) is 5.06 Å². The van der Waals surface area contributed by atoms with Crippen LogP contribution in [0.2, 0.25) is 0 Å². The summed E-state index contributed by atoms with van der Waals surface area (Å²) in [4.78, 5) is 41.5. The minimum Gasteiger partial charge on any atom is -0.464 e. The highest BCUT2D eigenvalue weighted by molar-refractivity contribution is 6.20. The Morgan fingerprint density at radius 1 is 0.958 bits per heavy atom.